The average molecular weight is 292 g/mol. The van der Waals surface area contributed by atoms with E-state index in [1.54, 1.807) is 5.57 Å². The van der Waals surface area contributed by atoms with Gasteiger partial charge in [0, 0.05) is 25.6 Å². The van der Waals surface area contributed by atoms with Gasteiger partial charge in [0.2, 0.25) is 5.91 Å². The molecule has 1 aliphatic heterocycles. The molecule has 1 atom stereocenters. The first-order chi connectivity index (χ1) is 10.3. The Morgan fingerprint density at radius 1 is 1.29 bits per heavy atom. The molecule has 21 heavy (non-hydrogen) atoms. The molecular weight excluding hydrogens is 260 g/mol. The van der Waals surface area contributed by atoms with Crippen molar-refractivity contribution < 1.29 is 4.79 Å². The summed E-state index contributed by atoms with van der Waals surface area (Å²) in [6.07, 6.45) is 14.3. The zero-order chi connectivity index (χ0) is 14.9. The van der Waals surface area contributed by atoms with E-state index in [9.17, 15) is 4.79 Å². The van der Waals surface area contributed by atoms with E-state index in [0.717, 1.165) is 32.5 Å². The Morgan fingerprint density at radius 3 is 2.95 bits per heavy atom. The van der Waals surface area contributed by atoms with Crippen molar-refractivity contribution in [1.29, 1.82) is 0 Å². The largest absolute Gasteiger partial charge is 0.340 e. The summed E-state index contributed by atoms with van der Waals surface area (Å²) in [4.78, 5) is 14.4. The normalized spacial score (nSPS) is 23.0. The van der Waals surface area contributed by atoms with Crippen molar-refractivity contribution in [1.82, 2.24) is 10.2 Å². The summed E-state index contributed by atoms with van der Waals surface area (Å²) in [5.74, 6) is 0.353. The number of carbonyl (C=O) groups excluding carboxylic acids is 1. The van der Waals surface area contributed by atoms with Crippen LogP contribution in [0.2, 0.25) is 0 Å². The first kappa shape index (κ1) is 16.5. The third-order valence-corrected chi connectivity index (χ3v) is 4.94. The van der Waals surface area contributed by atoms with Crippen LogP contribution in [0, 0.1) is 0 Å². The Morgan fingerprint density at radius 2 is 2.19 bits per heavy atom. The number of hydrogen-bond acceptors (Lipinski definition) is 2. The van der Waals surface area contributed by atoms with Gasteiger partial charge in [0.25, 0.3) is 0 Å². The standard InChI is InChI=1S/C18H32N2O/c1-2-17-10-6-7-15-20(17)18(21)12-14-19-13-11-16-8-4-3-5-9-16/h8,17,19H,2-7,9-15H2,1H3. The molecule has 0 aromatic heterocycles. The highest BCUT2D eigenvalue weighted by molar-refractivity contribution is 5.76. The average Bonchev–Trinajstić information content (AvgIpc) is 2.55. The number of hydrogen-bond donors (Lipinski definition) is 1. The lowest BCUT2D eigenvalue weighted by Crippen LogP contribution is -2.44. The van der Waals surface area contributed by atoms with Crippen molar-refractivity contribution in [2.75, 3.05) is 19.6 Å². The van der Waals surface area contributed by atoms with Crippen molar-refractivity contribution >= 4 is 5.91 Å². The molecular formula is C18H32N2O. The van der Waals surface area contributed by atoms with Crippen LogP contribution in [0.25, 0.3) is 0 Å². The molecule has 0 saturated carbocycles. The van der Waals surface area contributed by atoms with E-state index in [1.165, 1.54) is 44.9 Å². The van der Waals surface area contributed by atoms with Gasteiger partial charge in [0.1, 0.15) is 0 Å². The molecule has 0 radical (unpaired) electrons. The molecule has 1 unspecified atom stereocenters. The van der Waals surface area contributed by atoms with Crippen LogP contribution in [0.15, 0.2) is 11.6 Å². The summed E-state index contributed by atoms with van der Waals surface area (Å²) in [5, 5.41) is 3.45. The monoisotopic (exact) mass is 292 g/mol. The van der Waals surface area contributed by atoms with Gasteiger partial charge in [-0.2, -0.15) is 0 Å². The summed E-state index contributed by atoms with van der Waals surface area (Å²) in [6.45, 7) is 5.03. The van der Waals surface area contributed by atoms with Crippen molar-refractivity contribution in [2.24, 2.45) is 0 Å². The van der Waals surface area contributed by atoms with Crippen LogP contribution in [0.5, 0.6) is 0 Å². The van der Waals surface area contributed by atoms with Gasteiger partial charge in [-0.15, -0.1) is 0 Å². The molecule has 0 aromatic rings. The number of likely N-dealkylation sites (tertiary alicyclic amines) is 1. The Balaban J connectivity index is 1.59. The maximum absolute atomic E-state index is 12.3. The maximum Gasteiger partial charge on any atom is 0.224 e. The molecule has 0 bridgehead atoms. The van der Waals surface area contributed by atoms with E-state index in [0.29, 0.717) is 18.4 Å². The molecule has 3 heteroatoms. The smallest absolute Gasteiger partial charge is 0.224 e. The van der Waals surface area contributed by atoms with E-state index in [1.807, 2.05) is 0 Å². The number of allylic oxidation sites excluding steroid dienone is 1. The van der Waals surface area contributed by atoms with Crippen LogP contribution in [0.3, 0.4) is 0 Å². The molecule has 2 rings (SSSR count). The molecule has 2 aliphatic rings. The molecule has 1 fully saturated rings. The van der Waals surface area contributed by atoms with Crippen molar-refractivity contribution in [3.63, 3.8) is 0 Å². The van der Waals surface area contributed by atoms with Gasteiger partial charge in [-0.25, -0.2) is 0 Å². The summed E-state index contributed by atoms with van der Waals surface area (Å²) < 4.78 is 0. The lowest BCUT2D eigenvalue weighted by atomic mass is 9.97. The van der Waals surface area contributed by atoms with Crippen LogP contribution < -0.4 is 5.32 Å². The molecule has 0 spiro atoms. The van der Waals surface area contributed by atoms with Crippen molar-refractivity contribution in [3.8, 4) is 0 Å². The highest BCUT2D eigenvalue weighted by Gasteiger charge is 2.24. The SMILES string of the molecule is CCC1CCCCN1C(=O)CCNCCC1=CCCCC1. The zero-order valence-electron chi connectivity index (χ0n) is 13.7. The second-order valence-electron chi connectivity index (χ2n) is 6.50. The number of nitrogens with zero attached hydrogens (tertiary/aromatic N) is 1. The Labute approximate surface area is 130 Å². The van der Waals surface area contributed by atoms with Gasteiger partial charge in [-0.1, -0.05) is 18.6 Å². The van der Waals surface area contributed by atoms with E-state index < -0.39 is 0 Å². The minimum Gasteiger partial charge on any atom is -0.340 e. The lowest BCUT2D eigenvalue weighted by Gasteiger charge is -2.35. The second kappa shape index (κ2) is 9.24. The minimum absolute atomic E-state index is 0.353. The first-order valence-electron chi connectivity index (χ1n) is 8.99. The third-order valence-electron chi connectivity index (χ3n) is 4.94. The fraction of sp³-hybridized carbons (Fsp3) is 0.833. The number of amides is 1. The van der Waals surface area contributed by atoms with E-state index >= 15 is 0 Å². The number of rotatable bonds is 7. The second-order valence-corrected chi connectivity index (χ2v) is 6.50. The molecule has 1 amide bonds. The van der Waals surface area contributed by atoms with Crippen molar-refractivity contribution in [3.05, 3.63) is 11.6 Å². The van der Waals surface area contributed by atoms with Crippen molar-refractivity contribution in [2.45, 2.75) is 77.2 Å². The van der Waals surface area contributed by atoms with E-state index in [-0.39, 0.29) is 0 Å². The predicted octanol–water partition coefficient (Wildman–Crippen LogP) is 3.65. The minimum atomic E-state index is 0.353. The zero-order valence-corrected chi connectivity index (χ0v) is 13.7. The summed E-state index contributed by atoms with van der Waals surface area (Å²) in [7, 11) is 0. The van der Waals surface area contributed by atoms with Crippen LogP contribution in [-0.2, 0) is 4.79 Å². The van der Waals surface area contributed by atoms with Crippen LogP contribution >= 0.6 is 0 Å². The van der Waals surface area contributed by atoms with Crippen LogP contribution in [-0.4, -0.2) is 36.5 Å². The molecule has 120 valence electrons. The number of nitrogens with one attached hydrogen (secondary N) is 1. The first-order valence-corrected chi connectivity index (χ1v) is 8.99. The van der Waals surface area contributed by atoms with Gasteiger partial charge in [0.15, 0.2) is 0 Å². The lowest BCUT2D eigenvalue weighted by molar-refractivity contribution is -0.134. The topological polar surface area (TPSA) is 32.3 Å². The quantitative estimate of drug-likeness (QED) is 0.574. The molecule has 1 aliphatic carbocycles. The molecule has 1 saturated heterocycles. The third kappa shape index (κ3) is 5.46. The number of piperidine rings is 1. The molecule has 1 heterocycles. The van der Waals surface area contributed by atoms with Gasteiger partial charge in [-0.05, 0) is 64.3 Å². The fourth-order valence-corrected chi connectivity index (χ4v) is 3.60. The molecule has 0 aromatic carbocycles. The van der Waals surface area contributed by atoms with E-state index in [4.69, 9.17) is 0 Å². The van der Waals surface area contributed by atoms with Gasteiger partial charge in [0.05, 0.1) is 0 Å². The van der Waals surface area contributed by atoms with Gasteiger partial charge < -0.3 is 10.2 Å². The predicted molar refractivity (Wildman–Crippen MR) is 88.3 cm³/mol. The fourth-order valence-electron chi connectivity index (χ4n) is 3.60. The molecule has 3 nitrogen and oxygen atoms in total. The van der Waals surface area contributed by atoms with E-state index in [2.05, 4.69) is 23.2 Å². The Bertz CT molecular complexity index is 351. The summed E-state index contributed by atoms with van der Waals surface area (Å²) in [6, 6.07) is 0.499. The van der Waals surface area contributed by atoms with Crippen LogP contribution in [0.4, 0.5) is 0 Å². The highest BCUT2D eigenvalue weighted by Crippen LogP contribution is 2.20. The van der Waals surface area contributed by atoms with Crippen LogP contribution in [0.1, 0.15) is 71.1 Å². The number of carbonyl (C=O) groups is 1. The summed E-state index contributed by atoms with van der Waals surface area (Å²) >= 11 is 0. The van der Waals surface area contributed by atoms with Gasteiger partial charge in [-0.3, -0.25) is 4.79 Å². The Kier molecular flexibility index (Phi) is 7.28. The molecule has 1 N–H and O–H groups in total. The van der Waals surface area contributed by atoms with Gasteiger partial charge >= 0.3 is 0 Å². The summed E-state index contributed by atoms with van der Waals surface area (Å²) in [5.41, 5.74) is 1.61. The highest BCUT2D eigenvalue weighted by atomic mass is 16.2. The Hall–Kier alpha value is -0.830. The maximum atomic E-state index is 12.3.